The minimum atomic E-state index is -3.70. The first-order chi connectivity index (χ1) is 12.8. The number of carbonyl (C=O) groups excluding carboxylic acids is 1. The molecule has 2 aromatic carbocycles. The molecule has 1 heterocycles. The molecule has 2 aromatic rings. The fourth-order valence-electron chi connectivity index (χ4n) is 2.76. The van der Waals surface area contributed by atoms with Crippen molar-refractivity contribution in [3.63, 3.8) is 0 Å². The first-order valence-corrected chi connectivity index (χ1v) is 9.98. The van der Waals surface area contributed by atoms with Crippen molar-refractivity contribution in [2.45, 2.75) is 13.0 Å². The Hall–Kier alpha value is -2.94. The number of benzene rings is 2. The molecule has 9 heteroatoms. The molecule has 0 aromatic heterocycles. The summed E-state index contributed by atoms with van der Waals surface area (Å²) in [5.74, 6) is 1.23. The number of nitrogens with zero attached hydrogens (tertiary/aromatic N) is 1. The van der Waals surface area contributed by atoms with E-state index in [0.29, 0.717) is 28.6 Å². The number of carbonyl (C=O) groups is 1. The molecule has 0 bridgehead atoms. The van der Waals surface area contributed by atoms with Gasteiger partial charge in [-0.3, -0.25) is 9.10 Å². The van der Waals surface area contributed by atoms with E-state index in [1.165, 1.54) is 14.0 Å². The molecule has 144 valence electrons. The van der Waals surface area contributed by atoms with Gasteiger partial charge in [0.2, 0.25) is 22.7 Å². The maximum absolute atomic E-state index is 12.7. The molecular weight excluding hydrogens is 372 g/mol. The van der Waals surface area contributed by atoms with Gasteiger partial charge < -0.3 is 19.5 Å². The minimum Gasteiger partial charge on any atom is -0.497 e. The summed E-state index contributed by atoms with van der Waals surface area (Å²) in [4.78, 5) is 12.7. The predicted octanol–water partition coefficient (Wildman–Crippen LogP) is 2.22. The average Bonchev–Trinajstić information content (AvgIpc) is 3.09. The molecule has 0 saturated carbocycles. The maximum Gasteiger partial charge on any atom is 0.247 e. The fourth-order valence-corrected chi connectivity index (χ4v) is 3.93. The highest BCUT2D eigenvalue weighted by Crippen LogP contribution is 2.34. The van der Waals surface area contributed by atoms with Crippen LogP contribution in [0.5, 0.6) is 17.2 Å². The zero-order valence-corrected chi connectivity index (χ0v) is 15.9. The molecule has 0 fully saturated rings. The standard InChI is InChI=1S/C18H20N2O6S/c1-12(18(21)19-13-4-9-16-17(10-13)26-11-25-16)20(27(3,22)23)14-5-7-15(24-2)8-6-14/h4-10,12H,11H2,1-3H3,(H,19,21). The lowest BCUT2D eigenvalue weighted by Gasteiger charge is -2.28. The highest BCUT2D eigenvalue weighted by atomic mass is 32.2. The SMILES string of the molecule is COc1ccc(N(C(C)C(=O)Nc2ccc3c(c2)OCO3)S(C)(=O)=O)cc1. The summed E-state index contributed by atoms with van der Waals surface area (Å²) < 4.78 is 41.3. The lowest BCUT2D eigenvalue weighted by Crippen LogP contribution is -2.45. The highest BCUT2D eigenvalue weighted by Gasteiger charge is 2.29. The predicted molar refractivity (Wildman–Crippen MR) is 101 cm³/mol. The van der Waals surface area contributed by atoms with E-state index in [9.17, 15) is 13.2 Å². The third-order valence-electron chi connectivity index (χ3n) is 4.06. The number of methoxy groups -OCH3 is 1. The zero-order valence-electron chi connectivity index (χ0n) is 15.1. The van der Waals surface area contributed by atoms with Crippen LogP contribution in [0.4, 0.5) is 11.4 Å². The van der Waals surface area contributed by atoms with E-state index in [2.05, 4.69) is 5.32 Å². The van der Waals surface area contributed by atoms with Crippen LogP contribution >= 0.6 is 0 Å². The number of sulfonamides is 1. The first kappa shape index (κ1) is 18.8. The smallest absolute Gasteiger partial charge is 0.247 e. The van der Waals surface area contributed by atoms with Crippen molar-refractivity contribution in [3.05, 3.63) is 42.5 Å². The van der Waals surface area contributed by atoms with E-state index in [4.69, 9.17) is 14.2 Å². The van der Waals surface area contributed by atoms with Gasteiger partial charge in [-0.15, -0.1) is 0 Å². The molecule has 3 rings (SSSR count). The second kappa shape index (κ2) is 7.36. The fraction of sp³-hybridized carbons (Fsp3) is 0.278. The number of ether oxygens (including phenoxy) is 3. The van der Waals surface area contributed by atoms with Gasteiger partial charge in [-0.1, -0.05) is 0 Å². The van der Waals surface area contributed by atoms with Gasteiger partial charge in [0.1, 0.15) is 11.8 Å². The van der Waals surface area contributed by atoms with Crippen LogP contribution in [0, 0.1) is 0 Å². The number of nitrogens with one attached hydrogen (secondary N) is 1. The Morgan fingerprint density at radius 1 is 1.15 bits per heavy atom. The van der Waals surface area contributed by atoms with E-state index in [1.54, 1.807) is 42.5 Å². The van der Waals surface area contributed by atoms with Crippen LogP contribution in [0.25, 0.3) is 0 Å². The van der Waals surface area contributed by atoms with Gasteiger partial charge in [-0.2, -0.15) is 0 Å². The van der Waals surface area contributed by atoms with Crippen molar-refractivity contribution in [3.8, 4) is 17.2 Å². The van der Waals surface area contributed by atoms with E-state index >= 15 is 0 Å². The molecule has 1 unspecified atom stereocenters. The van der Waals surface area contributed by atoms with E-state index < -0.39 is 22.0 Å². The van der Waals surface area contributed by atoms with Crippen LogP contribution in [0.2, 0.25) is 0 Å². The second-order valence-electron chi connectivity index (χ2n) is 5.99. The van der Waals surface area contributed by atoms with Crippen LogP contribution in [0.3, 0.4) is 0 Å². The van der Waals surface area contributed by atoms with Crippen molar-refractivity contribution < 1.29 is 27.4 Å². The van der Waals surface area contributed by atoms with Gasteiger partial charge in [0.05, 0.1) is 19.1 Å². The van der Waals surface area contributed by atoms with Crippen LogP contribution in [-0.2, 0) is 14.8 Å². The molecule has 1 aliphatic rings. The van der Waals surface area contributed by atoms with Crippen LogP contribution in [0.1, 0.15) is 6.92 Å². The normalized spacial score (nSPS) is 13.7. The number of hydrogen-bond donors (Lipinski definition) is 1. The molecule has 0 spiro atoms. The van der Waals surface area contributed by atoms with E-state index in [1.807, 2.05) is 0 Å². The van der Waals surface area contributed by atoms with Crippen molar-refractivity contribution in [2.24, 2.45) is 0 Å². The van der Waals surface area contributed by atoms with Gasteiger partial charge in [0.15, 0.2) is 11.5 Å². The number of hydrogen-bond acceptors (Lipinski definition) is 6. The first-order valence-electron chi connectivity index (χ1n) is 8.13. The van der Waals surface area contributed by atoms with Gasteiger partial charge >= 0.3 is 0 Å². The second-order valence-corrected chi connectivity index (χ2v) is 7.85. The molecule has 1 atom stereocenters. The summed E-state index contributed by atoms with van der Waals surface area (Å²) in [5.41, 5.74) is 0.853. The molecule has 27 heavy (non-hydrogen) atoms. The average molecular weight is 392 g/mol. The van der Waals surface area contributed by atoms with Crippen LogP contribution in [-0.4, -0.2) is 40.5 Å². The van der Waals surface area contributed by atoms with E-state index in [-0.39, 0.29) is 6.79 Å². The van der Waals surface area contributed by atoms with Gasteiger partial charge in [-0.05, 0) is 43.3 Å². The lowest BCUT2D eigenvalue weighted by molar-refractivity contribution is -0.116. The zero-order chi connectivity index (χ0) is 19.6. The third-order valence-corrected chi connectivity index (χ3v) is 5.30. The summed E-state index contributed by atoms with van der Waals surface area (Å²) in [7, 11) is -2.18. The van der Waals surface area contributed by atoms with Crippen LogP contribution < -0.4 is 23.8 Å². The quantitative estimate of drug-likeness (QED) is 0.810. The summed E-state index contributed by atoms with van der Waals surface area (Å²) in [6.07, 6.45) is 1.06. The van der Waals surface area contributed by atoms with Crippen molar-refractivity contribution in [1.82, 2.24) is 0 Å². The van der Waals surface area contributed by atoms with Crippen molar-refractivity contribution in [1.29, 1.82) is 0 Å². The Balaban J connectivity index is 1.82. The molecular formula is C18H20N2O6S. The van der Waals surface area contributed by atoms with Crippen molar-refractivity contribution >= 4 is 27.3 Å². The Bertz CT molecular complexity index is 943. The lowest BCUT2D eigenvalue weighted by atomic mass is 10.2. The Labute approximate surface area is 157 Å². The summed E-state index contributed by atoms with van der Waals surface area (Å²) >= 11 is 0. The summed E-state index contributed by atoms with van der Waals surface area (Å²) in [6.45, 7) is 1.65. The Morgan fingerprint density at radius 3 is 2.44 bits per heavy atom. The summed E-state index contributed by atoms with van der Waals surface area (Å²) in [5, 5.41) is 2.71. The number of amides is 1. The monoisotopic (exact) mass is 392 g/mol. The van der Waals surface area contributed by atoms with Gasteiger partial charge in [-0.25, -0.2) is 8.42 Å². The molecule has 0 radical (unpaired) electrons. The number of anilines is 2. The number of rotatable bonds is 6. The Morgan fingerprint density at radius 2 is 1.81 bits per heavy atom. The largest absolute Gasteiger partial charge is 0.497 e. The van der Waals surface area contributed by atoms with Crippen LogP contribution in [0.15, 0.2) is 42.5 Å². The molecule has 0 aliphatic carbocycles. The molecule has 1 N–H and O–H groups in total. The van der Waals surface area contributed by atoms with Gasteiger partial charge in [0.25, 0.3) is 0 Å². The molecule has 8 nitrogen and oxygen atoms in total. The van der Waals surface area contributed by atoms with E-state index in [0.717, 1.165) is 10.6 Å². The highest BCUT2D eigenvalue weighted by molar-refractivity contribution is 7.92. The minimum absolute atomic E-state index is 0.127. The summed E-state index contributed by atoms with van der Waals surface area (Å²) in [6, 6.07) is 10.4. The Kier molecular flexibility index (Phi) is 5.13. The molecule has 0 saturated heterocycles. The molecule has 1 amide bonds. The topological polar surface area (TPSA) is 94.2 Å². The third kappa shape index (κ3) is 4.08. The van der Waals surface area contributed by atoms with Gasteiger partial charge in [0, 0.05) is 11.8 Å². The maximum atomic E-state index is 12.7. The number of fused-ring (bicyclic) bond motifs is 1. The molecule has 1 aliphatic heterocycles. The van der Waals surface area contributed by atoms with Crippen molar-refractivity contribution in [2.75, 3.05) is 29.8 Å².